The van der Waals surface area contributed by atoms with Crippen LogP contribution in [0, 0.1) is 20.8 Å². The summed E-state index contributed by atoms with van der Waals surface area (Å²) in [5.41, 5.74) is 2.20. The first kappa shape index (κ1) is 21.2. The van der Waals surface area contributed by atoms with Crippen molar-refractivity contribution in [3.63, 3.8) is 0 Å². The van der Waals surface area contributed by atoms with E-state index in [9.17, 15) is 13.2 Å². The minimum absolute atomic E-state index is 0.107. The van der Waals surface area contributed by atoms with Crippen molar-refractivity contribution in [2.24, 2.45) is 0 Å². The maximum Gasteiger partial charge on any atom is 0.240 e. The van der Waals surface area contributed by atoms with E-state index in [-0.39, 0.29) is 30.3 Å². The van der Waals surface area contributed by atoms with E-state index in [4.69, 9.17) is 4.42 Å². The molecule has 1 amide bonds. The van der Waals surface area contributed by atoms with Gasteiger partial charge in [0.2, 0.25) is 15.9 Å². The normalized spacial score (nSPS) is 11.6. The molecule has 0 saturated heterocycles. The van der Waals surface area contributed by atoms with Crippen LogP contribution < -0.4 is 10.0 Å². The molecule has 2 N–H and O–H groups in total. The number of carbonyl (C=O) groups excluding carboxylic acids is 1. The number of benzene rings is 1. The molecule has 2 aromatic heterocycles. The fraction of sp³-hybridized carbons (Fsp3) is 0.300. The van der Waals surface area contributed by atoms with Gasteiger partial charge in [0.25, 0.3) is 0 Å². The zero-order valence-electron chi connectivity index (χ0n) is 16.5. The number of carbonyl (C=O) groups is 1. The van der Waals surface area contributed by atoms with Crippen molar-refractivity contribution in [2.45, 2.75) is 32.1 Å². The molecule has 0 atom stereocenters. The molecule has 0 aliphatic carbocycles. The van der Waals surface area contributed by atoms with E-state index in [2.05, 4.69) is 15.0 Å². The fourth-order valence-corrected chi connectivity index (χ4v) is 4.88. The average molecular weight is 434 g/mol. The van der Waals surface area contributed by atoms with E-state index in [0.717, 1.165) is 16.3 Å². The van der Waals surface area contributed by atoms with Crippen molar-refractivity contribution < 1.29 is 17.6 Å². The van der Waals surface area contributed by atoms with Gasteiger partial charge in [-0.25, -0.2) is 18.1 Å². The molecule has 9 heteroatoms. The highest BCUT2D eigenvalue weighted by Crippen LogP contribution is 2.25. The topological polar surface area (TPSA) is 101 Å². The number of hydrogen-bond donors (Lipinski definition) is 2. The Morgan fingerprint density at radius 3 is 2.66 bits per heavy atom. The molecule has 3 aromatic rings. The lowest BCUT2D eigenvalue weighted by molar-refractivity contribution is -0.120. The predicted molar refractivity (Wildman–Crippen MR) is 112 cm³/mol. The molecule has 0 spiro atoms. The number of aryl methyl sites for hydroxylation is 3. The van der Waals surface area contributed by atoms with E-state index >= 15 is 0 Å². The Balaban J connectivity index is 1.48. The quantitative estimate of drug-likeness (QED) is 0.532. The number of nitrogens with one attached hydrogen (secondary N) is 2. The van der Waals surface area contributed by atoms with Gasteiger partial charge in [0.1, 0.15) is 5.76 Å². The minimum atomic E-state index is -3.62. The SMILES string of the molecule is Cc1ccc(C)c(S(=O)(=O)NCCNC(=O)Cc2csc(-c3ccc(C)o3)n2)c1. The lowest BCUT2D eigenvalue weighted by atomic mass is 10.2. The molecule has 0 aliphatic rings. The van der Waals surface area contributed by atoms with Crippen molar-refractivity contribution in [1.29, 1.82) is 0 Å². The average Bonchev–Trinajstić information content (AvgIpc) is 3.29. The molecule has 2 heterocycles. The third-order valence-electron chi connectivity index (χ3n) is 4.22. The van der Waals surface area contributed by atoms with Gasteiger partial charge in [0.05, 0.1) is 17.0 Å². The second-order valence-corrected chi connectivity index (χ2v) is 9.34. The Morgan fingerprint density at radius 1 is 1.14 bits per heavy atom. The third kappa shape index (κ3) is 5.53. The number of sulfonamides is 1. The van der Waals surface area contributed by atoms with Crippen LogP contribution >= 0.6 is 11.3 Å². The van der Waals surface area contributed by atoms with Crippen LogP contribution in [0.4, 0.5) is 0 Å². The van der Waals surface area contributed by atoms with Crippen LogP contribution in [0.5, 0.6) is 0 Å². The number of rotatable bonds is 8. The highest BCUT2D eigenvalue weighted by Gasteiger charge is 2.16. The summed E-state index contributed by atoms with van der Waals surface area (Å²) in [7, 11) is -3.62. The number of thiazole rings is 1. The van der Waals surface area contributed by atoms with Gasteiger partial charge in [0, 0.05) is 18.5 Å². The standard InChI is InChI=1S/C20H23N3O4S2/c1-13-4-5-14(2)18(10-13)29(25,26)22-9-8-21-19(24)11-16-12-28-20(23-16)17-7-6-15(3)27-17/h4-7,10,12,22H,8-9,11H2,1-3H3,(H,21,24). The summed E-state index contributed by atoms with van der Waals surface area (Å²) in [4.78, 5) is 16.8. The lowest BCUT2D eigenvalue weighted by Gasteiger charge is -2.10. The van der Waals surface area contributed by atoms with Gasteiger partial charge in [-0.2, -0.15) is 0 Å². The summed E-state index contributed by atoms with van der Waals surface area (Å²) >= 11 is 1.41. The summed E-state index contributed by atoms with van der Waals surface area (Å²) in [5.74, 6) is 1.27. The maximum absolute atomic E-state index is 12.4. The Labute approximate surface area is 174 Å². The monoisotopic (exact) mass is 433 g/mol. The molecule has 154 valence electrons. The van der Waals surface area contributed by atoms with E-state index < -0.39 is 10.0 Å². The summed E-state index contributed by atoms with van der Waals surface area (Å²) in [6, 6.07) is 8.99. The molecule has 0 fully saturated rings. The van der Waals surface area contributed by atoms with Crippen molar-refractivity contribution in [3.8, 4) is 10.8 Å². The number of hydrogen-bond acceptors (Lipinski definition) is 6. The third-order valence-corrected chi connectivity index (χ3v) is 6.73. The van der Waals surface area contributed by atoms with Gasteiger partial charge >= 0.3 is 0 Å². The first-order chi connectivity index (χ1) is 13.7. The minimum Gasteiger partial charge on any atom is -0.459 e. The Morgan fingerprint density at radius 2 is 1.93 bits per heavy atom. The van der Waals surface area contributed by atoms with Gasteiger partial charge in [-0.1, -0.05) is 12.1 Å². The van der Waals surface area contributed by atoms with E-state index in [1.807, 2.05) is 37.4 Å². The van der Waals surface area contributed by atoms with Gasteiger partial charge in [0.15, 0.2) is 10.8 Å². The molecule has 0 unspecified atom stereocenters. The number of amides is 1. The number of furan rings is 1. The Bertz CT molecular complexity index is 1120. The maximum atomic E-state index is 12.4. The molecule has 0 bridgehead atoms. The van der Waals surface area contributed by atoms with Gasteiger partial charge < -0.3 is 9.73 Å². The van der Waals surface area contributed by atoms with Crippen LogP contribution in [0.1, 0.15) is 22.6 Å². The number of nitrogens with zero attached hydrogens (tertiary/aromatic N) is 1. The Hall–Kier alpha value is -2.49. The van der Waals surface area contributed by atoms with Crippen LogP contribution in [0.15, 0.2) is 45.0 Å². The molecular weight excluding hydrogens is 410 g/mol. The van der Waals surface area contributed by atoms with Gasteiger partial charge in [-0.05, 0) is 50.1 Å². The highest BCUT2D eigenvalue weighted by molar-refractivity contribution is 7.89. The zero-order valence-corrected chi connectivity index (χ0v) is 18.1. The second kappa shape index (κ2) is 8.89. The van der Waals surface area contributed by atoms with Crippen LogP contribution in [-0.4, -0.2) is 32.4 Å². The summed E-state index contributed by atoms with van der Waals surface area (Å²) in [6.45, 7) is 5.75. The molecule has 1 aromatic carbocycles. The predicted octanol–water partition coefficient (Wildman–Crippen LogP) is 2.97. The lowest BCUT2D eigenvalue weighted by Crippen LogP contribution is -2.35. The summed E-state index contributed by atoms with van der Waals surface area (Å²) in [5, 5.41) is 5.25. The van der Waals surface area contributed by atoms with Crippen LogP contribution in [0.2, 0.25) is 0 Å². The van der Waals surface area contributed by atoms with Gasteiger partial charge in [-0.3, -0.25) is 4.79 Å². The second-order valence-electron chi connectivity index (χ2n) is 6.75. The molecular formula is C20H23N3O4S2. The summed E-state index contributed by atoms with van der Waals surface area (Å²) in [6.07, 6.45) is 0.125. The van der Waals surface area contributed by atoms with Gasteiger partial charge in [-0.15, -0.1) is 11.3 Å². The van der Waals surface area contributed by atoms with Crippen LogP contribution in [-0.2, 0) is 21.2 Å². The first-order valence-corrected chi connectivity index (χ1v) is 11.5. The molecule has 0 saturated carbocycles. The molecule has 0 radical (unpaired) electrons. The fourth-order valence-electron chi connectivity index (χ4n) is 2.74. The van der Waals surface area contributed by atoms with Crippen molar-refractivity contribution in [1.82, 2.24) is 15.0 Å². The first-order valence-electron chi connectivity index (χ1n) is 9.09. The van der Waals surface area contributed by atoms with Crippen molar-refractivity contribution in [2.75, 3.05) is 13.1 Å². The molecule has 7 nitrogen and oxygen atoms in total. The largest absolute Gasteiger partial charge is 0.459 e. The highest BCUT2D eigenvalue weighted by atomic mass is 32.2. The molecule has 3 rings (SSSR count). The van der Waals surface area contributed by atoms with E-state index in [1.54, 1.807) is 19.1 Å². The summed E-state index contributed by atoms with van der Waals surface area (Å²) < 4.78 is 32.9. The van der Waals surface area contributed by atoms with Crippen molar-refractivity contribution >= 4 is 27.3 Å². The molecule has 29 heavy (non-hydrogen) atoms. The van der Waals surface area contributed by atoms with E-state index in [0.29, 0.717) is 17.0 Å². The molecule has 0 aliphatic heterocycles. The van der Waals surface area contributed by atoms with Crippen LogP contribution in [0.25, 0.3) is 10.8 Å². The smallest absolute Gasteiger partial charge is 0.240 e. The zero-order chi connectivity index (χ0) is 21.0. The van der Waals surface area contributed by atoms with E-state index in [1.165, 1.54) is 11.3 Å². The van der Waals surface area contributed by atoms with Crippen molar-refractivity contribution in [3.05, 3.63) is 58.3 Å². The Kier molecular flexibility index (Phi) is 6.51. The number of aromatic nitrogens is 1. The van der Waals surface area contributed by atoms with Crippen LogP contribution in [0.3, 0.4) is 0 Å².